The van der Waals surface area contributed by atoms with E-state index in [-0.39, 0.29) is 5.97 Å². The van der Waals surface area contributed by atoms with Crippen LogP contribution in [0, 0.1) is 12.3 Å². The van der Waals surface area contributed by atoms with E-state index in [0.717, 1.165) is 0 Å². The molecule has 0 aromatic heterocycles. The van der Waals surface area contributed by atoms with Gasteiger partial charge in [0.05, 0.1) is 7.11 Å². The molecule has 1 aromatic rings. The van der Waals surface area contributed by atoms with Gasteiger partial charge in [-0.3, -0.25) is 0 Å². The summed E-state index contributed by atoms with van der Waals surface area (Å²) >= 11 is 0. The summed E-state index contributed by atoms with van der Waals surface area (Å²) in [5, 5.41) is 0. The Hall–Kier alpha value is -2.53. The molecule has 0 aliphatic carbocycles. The van der Waals surface area contributed by atoms with Crippen LogP contribution in [0.3, 0.4) is 0 Å². The van der Waals surface area contributed by atoms with Gasteiger partial charge in [0.1, 0.15) is 0 Å². The van der Waals surface area contributed by atoms with Crippen LogP contribution in [0.2, 0.25) is 0 Å². The molecule has 0 saturated carbocycles. The van der Waals surface area contributed by atoms with Gasteiger partial charge in [-0.25, -0.2) is 4.79 Å². The number of terminal acetylenes is 1. The van der Waals surface area contributed by atoms with Gasteiger partial charge in [0.25, 0.3) is 0 Å². The second kappa shape index (κ2) is 13.5. The normalized spacial score (nSPS) is 7.21. The highest BCUT2D eigenvalue weighted by Gasteiger charge is 1.95. The van der Waals surface area contributed by atoms with Gasteiger partial charge in [-0.15, -0.1) is 6.42 Å². The molecule has 1 rings (SSSR count). The van der Waals surface area contributed by atoms with Crippen LogP contribution in [0.25, 0.3) is 6.08 Å². The van der Waals surface area contributed by atoms with Crippen LogP contribution < -0.4 is 0 Å². The minimum absolute atomic E-state index is 0.347. The van der Waals surface area contributed by atoms with Crippen LogP contribution in [0.15, 0.2) is 61.7 Å². The smallest absolute Gasteiger partial charge is 0.332 e. The highest BCUT2D eigenvalue weighted by atomic mass is 16.5. The summed E-state index contributed by atoms with van der Waals surface area (Å²) in [5.41, 5.74) is 1.61. The van der Waals surface area contributed by atoms with Crippen molar-refractivity contribution in [3.8, 4) is 12.3 Å². The first-order chi connectivity index (χ1) is 9.03. The molecule has 0 atom stereocenters. The van der Waals surface area contributed by atoms with Crippen molar-refractivity contribution in [3.05, 3.63) is 67.3 Å². The SMILES string of the molecule is C#CC=C.C=C(C)C(=O)OC.C=Cc1ccccc1. The first-order valence-corrected chi connectivity index (χ1v) is 5.51. The Balaban J connectivity index is 0. The number of benzene rings is 1. The number of ether oxygens (including phenoxy) is 1. The molecule has 1 aromatic carbocycles. The van der Waals surface area contributed by atoms with Crippen molar-refractivity contribution < 1.29 is 9.53 Å². The maximum atomic E-state index is 10.2. The fourth-order valence-electron chi connectivity index (χ4n) is 0.763. The number of methoxy groups -OCH3 is 1. The number of hydrogen-bond acceptors (Lipinski definition) is 2. The fraction of sp³-hybridized carbons (Fsp3) is 0.118. The summed E-state index contributed by atoms with van der Waals surface area (Å²) in [6, 6.07) is 10.0. The largest absolute Gasteiger partial charge is 0.466 e. The Morgan fingerprint density at radius 2 is 1.79 bits per heavy atom. The van der Waals surface area contributed by atoms with E-state index >= 15 is 0 Å². The number of carbonyl (C=O) groups excluding carboxylic acids is 1. The molecule has 19 heavy (non-hydrogen) atoms. The van der Waals surface area contributed by atoms with E-state index in [9.17, 15) is 4.79 Å². The van der Waals surface area contributed by atoms with Crippen LogP contribution in [0.5, 0.6) is 0 Å². The van der Waals surface area contributed by atoms with Crippen molar-refractivity contribution in [3.63, 3.8) is 0 Å². The summed E-state index contributed by atoms with van der Waals surface area (Å²) in [4.78, 5) is 10.2. The van der Waals surface area contributed by atoms with Crippen molar-refractivity contribution in [2.45, 2.75) is 6.92 Å². The number of esters is 1. The zero-order chi connectivity index (χ0) is 15.1. The predicted octanol–water partition coefficient (Wildman–Crippen LogP) is 3.87. The van der Waals surface area contributed by atoms with Crippen LogP contribution in [0.4, 0.5) is 0 Å². The van der Waals surface area contributed by atoms with Gasteiger partial charge in [-0.1, -0.05) is 62.1 Å². The molecule has 0 fully saturated rings. The van der Waals surface area contributed by atoms with Crippen LogP contribution in [-0.4, -0.2) is 13.1 Å². The van der Waals surface area contributed by atoms with Crippen LogP contribution >= 0.6 is 0 Å². The quantitative estimate of drug-likeness (QED) is 0.456. The van der Waals surface area contributed by atoms with Gasteiger partial charge in [-0.05, 0) is 18.6 Å². The fourth-order valence-corrected chi connectivity index (χ4v) is 0.763. The van der Waals surface area contributed by atoms with Crippen LogP contribution in [0.1, 0.15) is 12.5 Å². The summed E-state index contributed by atoms with van der Waals surface area (Å²) < 4.78 is 4.27. The van der Waals surface area contributed by atoms with Gasteiger partial charge in [0.15, 0.2) is 0 Å². The van der Waals surface area contributed by atoms with Crippen molar-refractivity contribution in [1.82, 2.24) is 0 Å². The first-order valence-electron chi connectivity index (χ1n) is 5.51. The molecule has 0 heterocycles. The second-order valence-corrected chi connectivity index (χ2v) is 3.26. The minimum Gasteiger partial charge on any atom is -0.466 e. The van der Waals surface area contributed by atoms with E-state index < -0.39 is 0 Å². The second-order valence-electron chi connectivity index (χ2n) is 3.26. The maximum Gasteiger partial charge on any atom is 0.332 e. The third-order valence-corrected chi connectivity index (χ3v) is 1.69. The third-order valence-electron chi connectivity index (χ3n) is 1.69. The van der Waals surface area contributed by atoms with E-state index in [4.69, 9.17) is 0 Å². The Bertz CT molecular complexity index is 436. The Kier molecular flexibility index (Phi) is 13.4. The molecule has 2 nitrogen and oxygen atoms in total. The van der Waals surface area contributed by atoms with Crippen molar-refractivity contribution in [1.29, 1.82) is 0 Å². The average molecular weight is 256 g/mol. The third kappa shape index (κ3) is 13.4. The molecule has 2 heteroatoms. The lowest BCUT2D eigenvalue weighted by Crippen LogP contribution is -1.98. The lowest BCUT2D eigenvalue weighted by molar-refractivity contribution is -0.136. The molecule has 0 radical (unpaired) electrons. The lowest BCUT2D eigenvalue weighted by atomic mass is 10.2. The molecule has 0 unspecified atom stereocenters. The van der Waals surface area contributed by atoms with E-state index in [0.29, 0.717) is 5.57 Å². The molecule has 0 bridgehead atoms. The highest BCUT2D eigenvalue weighted by molar-refractivity contribution is 5.86. The highest BCUT2D eigenvalue weighted by Crippen LogP contribution is 1.97. The maximum absolute atomic E-state index is 10.2. The standard InChI is InChI=1S/C8H8.C5H8O2.C4H4/c1-2-8-6-4-3-5-7-8;1-4(2)5(6)7-3;1-3-4-2/h2-7H,1H2;1H2,2-3H3;1,4H,2H2. The molecular formula is C17H20O2. The van der Waals surface area contributed by atoms with Crippen molar-refractivity contribution in [2.24, 2.45) is 0 Å². The number of rotatable bonds is 2. The van der Waals surface area contributed by atoms with Gasteiger partial charge in [-0.2, -0.15) is 0 Å². The number of carbonyl (C=O) groups is 1. The summed E-state index contributed by atoms with van der Waals surface area (Å²) in [7, 11) is 1.33. The topological polar surface area (TPSA) is 26.3 Å². The van der Waals surface area contributed by atoms with E-state index in [2.05, 4.69) is 36.8 Å². The van der Waals surface area contributed by atoms with E-state index in [1.807, 2.05) is 36.4 Å². The van der Waals surface area contributed by atoms with Crippen molar-refractivity contribution >= 4 is 12.0 Å². The van der Waals surface area contributed by atoms with Gasteiger partial charge in [0, 0.05) is 5.57 Å². The lowest BCUT2D eigenvalue weighted by Gasteiger charge is -1.91. The summed E-state index contributed by atoms with van der Waals surface area (Å²) in [6.45, 7) is 11.8. The molecule has 0 aliphatic heterocycles. The average Bonchev–Trinajstić information content (AvgIpc) is 2.48. The molecule has 0 saturated heterocycles. The first kappa shape index (κ1) is 18.8. The Morgan fingerprint density at radius 3 is 1.95 bits per heavy atom. The molecule has 0 aliphatic rings. The van der Waals surface area contributed by atoms with Crippen LogP contribution in [-0.2, 0) is 9.53 Å². The zero-order valence-corrected chi connectivity index (χ0v) is 11.6. The van der Waals surface area contributed by atoms with Crippen molar-refractivity contribution in [2.75, 3.05) is 7.11 Å². The monoisotopic (exact) mass is 256 g/mol. The van der Waals surface area contributed by atoms with E-state index in [1.54, 1.807) is 6.92 Å². The predicted molar refractivity (Wildman–Crippen MR) is 82.4 cm³/mol. The molecule has 100 valence electrons. The summed E-state index contributed by atoms with van der Waals surface area (Å²) in [5.74, 6) is 1.85. The minimum atomic E-state index is -0.347. The number of allylic oxidation sites excluding steroid dienone is 1. The molecule has 0 amide bonds. The molecule has 0 spiro atoms. The zero-order valence-electron chi connectivity index (χ0n) is 11.6. The summed E-state index contributed by atoms with van der Waals surface area (Å²) in [6.07, 6.45) is 7.90. The molecule has 0 N–H and O–H groups in total. The Labute approximate surface area is 116 Å². The van der Waals surface area contributed by atoms with Gasteiger partial charge >= 0.3 is 5.97 Å². The number of hydrogen-bond donors (Lipinski definition) is 0. The Morgan fingerprint density at radius 1 is 1.32 bits per heavy atom. The van der Waals surface area contributed by atoms with E-state index in [1.165, 1.54) is 18.7 Å². The van der Waals surface area contributed by atoms with Gasteiger partial charge in [0.2, 0.25) is 0 Å². The molecular weight excluding hydrogens is 236 g/mol. The van der Waals surface area contributed by atoms with Gasteiger partial charge < -0.3 is 4.74 Å².